The Morgan fingerprint density at radius 2 is 2.13 bits per heavy atom. The number of halogens is 1. The summed E-state index contributed by atoms with van der Waals surface area (Å²) >= 11 is 1.36. The fraction of sp³-hybridized carbons (Fsp3) is 0.375. The van der Waals surface area contributed by atoms with Gasteiger partial charge in [-0.1, -0.05) is 12.1 Å². The number of carbonyl (C=O) groups is 1. The van der Waals surface area contributed by atoms with Crippen molar-refractivity contribution in [2.45, 2.75) is 25.5 Å². The van der Waals surface area contributed by atoms with Crippen LogP contribution in [0, 0.1) is 12.7 Å². The molecule has 7 heteroatoms. The van der Waals surface area contributed by atoms with E-state index < -0.39 is 12.1 Å². The highest BCUT2D eigenvalue weighted by atomic mass is 32.1. The van der Waals surface area contributed by atoms with Gasteiger partial charge in [0.25, 0.3) is 5.91 Å². The number of benzene rings is 1. The third-order valence-electron chi connectivity index (χ3n) is 4.00. The van der Waals surface area contributed by atoms with Crippen molar-refractivity contribution in [3.8, 4) is 10.4 Å². The van der Waals surface area contributed by atoms with Crippen molar-refractivity contribution in [1.82, 2.24) is 9.88 Å². The molecule has 3 rings (SSSR count). The van der Waals surface area contributed by atoms with Gasteiger partial charge in [0.15, 0.2) is 0 Å². The lowest BCUT2D eigenvalue weighted by molar-refractivity contribution is 0.0491. The highest BCUT2D eigenvalue weighted by Gasteiger charge is 2.37. The van der Waals surface area contributed by atoms with E-state index in [-0.39, 0.29) is 24.0 Å². The molecule has 0 saturated carbocycles. The van der Waals surface area contributed by atoms with Crippen molar-refractivity contribution in [1.29, 1.82) is 0 Å². The molecular formula is C16H17FN2O3S. The molecule has 0 spiro atoms. The summed E-state index contributed by atoms with van der Waals surface area (Å²) in [6.07, 6.45) is -0.288. The van der Waals surface area contributed by atoms with Crippen LogP contribution in [0.2, 0.25) is 0 Å². The molecule has 0 bridgehead atoms. The van der Waals surface area contributed by atoms with Gasteiger partial charge in [0, 0.05) is 6.54 Å². The van der Waals surface area contributed by atoms with E-state index >= 15 is 0 Å². The van der Waals surface area contributed by atoms with E-state index in [1.165, 1.54) is 28.4 Å². The molecule has 1 aromatic carbocycles. The van der Waals surface area contributed by atoms with Crippen LogP contribution in [0.5, 0.6) is 0 Å². The Kier molecular flexibility index (Phi) is 4.43. The number of rotatable bonds is 3. The van der Waals surface area contributed by atoms with Gasteiger partial charge in [0.2, 0.25) is 0 Å². The lowest BCUT2D eigenvalue weighted by Crippen LogP contribution is -2.42. The van der Waals surface area contributed by atoms with E-state index in [0.29, 0.717) is 17.8 Å². The van der Waals surface area contributed by atoms with Gasteiger partial charge in [-0.3, -0.25) is 4.79 Å². The predicted octanol–water partition coefficient (Wildman–Crippen LogP) is 1.83. The number of likely N-dealkylation sites (tertiary alicyclic amines) is 1. The maximum Gasteiger partial charge on any atom is 0.274 e. The zero-order valence-electron chi connectivity index (χ0n) is 12.6. The van der Waals surface area contributed by atoms with Crippen LogP contribution >= 0.6 is 11.3 Å². The molecule has 1 saturated heterocycles. The van der Waals surface area contributed by atoms with E-state index in [2.05, 4.69) is 4.98 Å². The minimum atomic E-state index is -0.724. The third kappa shape index (κ3) is 2.99. The number of hydrogen-bond donors (Lipinski definition) is 2. The molecular weight excluding hydrogens is 319 g/mol. The summed E-state index contributed by atoms with van der Waals surface area (Å²) in [6.45, 7) is 1.89. The van der Waals surface area contributed by atoms with Crippen molar-refractivity contribution in [3.63, 3.8) is 0 Å². The average molecular weight is 336 g/mol. The lowest BCUT2D eigenvalue weighted by atomic mass is 10.1. The summed E-state index contributed by atoms with van der Waals surface area (Å²) in [6, 6.07) is 5.30. The van der Waals surface area contributed by atoms with Crippen molar-refractivity contribution in [2.75, 3.05) is 13.2 Å². The topological polar surface area (TPSA) is 73.7 Å². The number of aromatic nitrogens is 1. The first-order valence-electron chi connectivity index (χ1n) is 7.34. The third-order valence-corrected chi connectivity index (χ3v) is 5.02. The normalized spacial score (nSPS) is 21.0. The molecule has 1 aliphatic heterocycles. The highest BCUT2D eigenvalue weighted by molar-refractivity contribution is 7.15. The van der Waals surface area contributed by atoms with Gasteiger partial charge < -0.3 is 15.1 Å². The first-order chi connectivity index (χ1) is 11.0. The second kappa shape index (κ2) is 6.35. The van der Waals surface area contributed by atoms with Crippen LogP contribution < -0.4 is 0 Å². The molecule has 0 unspecified atom stereocenters. The molecule has 2 N–H and O–H groups in total. The van der Waals surface area contributed by atoms with Gasteiger partial charge in [-0.05, 0) is 31.0 Å². The van der Waals surface area contributed by atoms with Crippen molar-refractivity contribution in [2.24, 2.45) is 0 Å². The van der Waals surface area contributed by atoms with Crippen LogP contribution in [0.15, 0.2) is 24.3 Å². The van der Waals surface area contributed by atoms with E-state index in [0.717, 1.165) is 10.6 Å². The number of aryl methyl sites for hydroxylation is 1. The summed E-state index contributed by atoms with van der Waals surface area (Å²) in [5, 5.41) is 20.0. The molecule has 122 valence electrons. The molecule has 2 aromatic rings. The minimum Gasteiger partial charge on any atom is -0.394 e. The highest BCUT2D eigenvalue weighted by Crippen LogP contribution is 2.32. The van der Waals surface area contributed by atoms with Gasteiger partial charge in [0.1, 0.15) is 11.5 Å². The Hall–Kier alpha value is -1.83. The number of amides is 1. The van der Waals surface area contributed by atoms with E-state index in [9.17, 15) is 19.4 Å². The Balaban J connectivity index is 1.97. The summed E-state index contributed by atoms with van der Waals surface area (Å²) in [5.74, 6) is -0.657. The second-order valence-corrected chi connectivity index (χ2v) is 6.73. The van der Waals surface area contributed by atoms with Gasteiger partial charge in [0.05, 0.1) is 28.6 Å². The first-order valence-corrected chi connectivity index (χ1v) is 8.16. The van der Waals surface area contributed by atoms with Crippen LogP contribution in [0.1, 0.15) is 21.9 Å². The van der Waals surface area contributed by atoms with Crippen LogP contribution in [0.4, 0.5) is 4.39 Å². The van der Waals surface area contributed by atoms with Crippen LogP contribution in [0.3, 0.4) is 0 Å². The molecule has 2 atom stereocenters. The smallest absolute Gasteiger partial charge is 0.274 e. The number of carbonyl (C=O) groups excluding carboxylic acids is 1. The van der Waals surface area contributed by atoms with E-state index in [1.807, 2.05) is 0 Å². The fourth-order valence-electron chi connectivity index (χ4n) is 2.81. The molecule has 1 aliphatic rings. The van der Waals surface area contributed by atoms with Gasteiger partial charge >= 0.3 is 0 Å². The Bertz CT molecular complexity index is 717. The number of nitrogens with zero attached hydrogens (tertiary/aromatic N) is 2. The number of thiazole rings is 1. The van der Waals surface area contributed by atoms with Gasteiger partial charge in [-0.2, -0.15) is 0 Å². The maximum absolute atomic E-state index is 13.1. The Morgan fingerprint density at radius 3 is 2.78 bits per heavy atom. The van der Waals surface area contributed by atoms with Crippen LogP contribution in [0.25, 0.3) is 10.4 Å². The zero-order valence-corrected chi connectivity index (χ0v) is 13.4. The van der Waals surface area contributed by atoms with E-state index in [1.54, 1.807) is 19.1 Å². The molecule has 0 radical (unpaired) electrons. The summed E-state index contributed by atoms with van der Waals surface area (Å²) in [4.78, 5) is 19.3. The molecule has 1 amide bonds. The van der Waals surface area contributed by atoms with Gasteiger partial charge in [-0.25, -0.2) is 9.37 Å². The minimum absolute atomic E-state index is 0.284. The summed E-state index contributed by atoms with van der Waals surface area (Å²) < 4.78 is 13.1. The standard InChI is InChI=1S/C16H17FN2O3S/c1-9-18-14(15(23-9)10-2-4-11(17)5-3-10)16(22)19-7-6-13(21)12(19)8-20/h2-5,12-13,20-21H,6-8H2,1H3/t12-,13+/m1/s1. The Morgan fingerprint density at radius 1 is 1.43 bits per heavy atom. The second-order valence-electron chi connectivity index (χ2n) is 5.52. The average Bonchev–Trinajstić information content (AvgIpc) is 3.10. The monoisotopic (exact) mass is 336 g/mol. The Labute approximate surface area is 137 Å². The molecule has 2 heterocycles. The van der Waals surface area contributed by atoms with Crippen molar-refractivity contribution in [3.05, 3.63) is 40.8 Å². The first kappa shape index (κ1) is 16.0. The zero-order chi connectivity index (χ0) is 16.6. The summed E-state index contributed by atoms with van der Waals surface area (Å²) in [7, 11) is 0. The van der Waals surface area contributed by atoms with Gasteiger partial charge in [-0.15, -0.1) is 11.3 Å². The number of aliphatic hydroxyl groups excluding tert-OH is 2. The molecule has 23 heavy (non-hydrogen) atoms. The van der Waals surface area contributed by atoms with Crippen LogP contribution in [-0.2, 0) is 0 Å². The molecule has 1 fully saturated rings. The number of aliphatic hydroxyl groups is 2. The fourth-order valence-corrected chi connectivity index (χ4v) is 3.73. The molecule has 0 aliphatic carbocycles. The van der Waals surface area contributed by atoms with Crippen LogP contribution in [-0.4, -0.2) is 51.3 Å². The molecule has 5 nitrogen and oxygen atoms in total. The summed E-state index contributed by atoms with van der Waals surface area (Å²) in [5.41, 5.74) is 1.01. The van der Waals surface area contributed by atoms with Crippen molar-refractivity contribution < 1.29 is 19.4 Å². The molecule has 1 aromatic heterocycles. The lowest BCUT2D eigenvalue weighted by Gasteiger charge is -2.24. The maximum atomic E-state index is 13.1. The SMILES string of the molecule is Cc1nc(C(=O)N2CC[C@H](O)[C@H]2CO)c(-c2ccc(F)cc2)s1. The van der Waals surface area contributed by atoms with E-state index in [4.69, 9.17) is 0 Å². The predicted molar refractivity (Wildman–Crippen MR) is 84.8 cm³/mol. The quantitative estimate of drug-likeness (QED) is 0.897. The number of hydrogen-bond acceptors (Lipinski definition) is 5. The largest absolute Gasteiger partial charge is 0.394 e. The van der Waals surface area contributed by atoms with Crippen molar-refractivity contribution >= 4 is 17.2 Å².